The molecule has 21 heavy (non-hydrogen) atoms. The number of unbranched alkanes of at least 4 members (excludes halogenated alkanes) is 3. The van der Waals surface area contributed by atoms with E-state index in [1.807, 2.05) is 0 Å². The van der Waals surface area contributed by atoms with Crippen LogP contribution in [0.25, 0.3) is 0 Å². The number of hydrogen-bond donors (Lipinski definition) is 3. The van der Waals surface area contributed by atoms with Crippen molar-refractivity contribution in [3.8, 4) is 0 Å². The summed E-state index contributed by atoms with van der Waals surface area (Å²) in [6.45, 7) is -0.138. The minimum Gasteiger partial charge on any atom is -0.481 e. The van der Waals surface area contributed by atoms with E-state index in [4.69, 9.17) is 10.8 Å². The van der Waals surface area contributed by atoms with Crippen LogP contribution in [0.4, 0.5) is 8.78 Å². The first-order valence-electron chi connectivity index (χ1n) is 6.97. The number of carboxylic acids is 1. The van der Waals surface area contributed by atoms with Crippen molar-refractivity contribution in [3.05, 3.63) is 35.4 Å². The SMILES string of the molecule is NCC(CCCCCCO)(C(=O)O)c1cc(F)cc(F)c1. The van der Waals surface area contributed by atoms with Gasteiger partial charge in [-0.15, -0.1) is 0 Å². The van der Waals surface area contributed by atoms with Gasteiger partial charge < -0.3 is 15.9 Å². The zero-order valence-corrected chi connectivity index (χ0v) is 11.8. The molecule has 1 unspecified atom stereocenters. The summed E-state index contributed by atoms with van der Waals surface area (Å²) in [6, 6.07) is 2.75. The van der Waals surface area contributed by atoms with Crippen LogP contribution >= 0.6 is 0 Å². The van der Waals surface area contributed by atoms with Crippen LogP contribution in [0.3, 0.4) is 0 Å². The van der Waals surface area contributed by atoms with Crippen molar-refractivity contribution in [2.45, 2.75) is 37.5 Å². The zero-order valence-electron chi connectivity index (χ0n) is 11.8. The van der Waals surface area contributed by atoms with E-state index in [9.17, 15) is 18.7 Å². The zero-order chi connectivity index (χ0) is 15.9. The topological polar surface area (TPSA) is 83.5 Å². The molecular formula is C15H21F2NO3. The first kappa shape index (κ1) is 17.5. The van der Waals surface area contributed by atoms with Crippen molar-refractivity contribution in [1.82, 2.24) is 0 Å². The predicted molar refractivity (Wildman–Crippen MR) is 74.9 cm³/mol. The Morgan fingerprint density at radius 1 is 1.10 bits per heavy atom. The third-order valence-corrected chi connectivity index (χ3v) is 3.68. The number of carboxylic acid groups (broad SMARTS) is 1. The summed E-state index contributed by atoms with van der Waals surface area (Å²) >= 11 is 0. The maximum absolute atomic E-state index is 13.3. The van der Waals surface area contributed by atoms with Gasteiger partial charge in [0, 0.05) is 19.2 Å². The highest BCUT2D eigenvalue weighted by Crippen LogP contribution is 2.31. The molecule has 0 heterocycles. The Morgan fingerprint density at radius 3 is 2.14 bits per heavy atom. The van der Waals surface area contributed by atoms with E-state index < -0.39 is 23.0 Å². The molecule has 1 aromatic carbocycles. The van der Waals surface area contributed by atoms with Gasteiger partial charge in [0.05, 0.1) is 0 Å². The molecule has 0 spiro atoms. The summed E-state index contributed by atoms with van der Waals surface area (Å²) < 4.78 is 26.7. The average molecular weight is 301 g/mol. The molecule has 0 aliphatic carbocycles. The normalized spacial score (nSPS) is 13.9. The Hall–Kier alpha value is -1.53. The van der Waals surface area contributed by atoms with Gasteiger partial charge in [-0.1, -0.05) is 19.3 Å². The van der Waals surface area contributed by atoms with Crippen LogP contribution in [0.15, 0.2) is 18.2 Å². The Bertz CT molecular complexity index is 462. The molecule has 0 saturated carbocycles. The van der Waals surface area contributed by atoms with Gasteiger partial charge in [0.15, 0.2) is 0 Å². The predicted octanol–water partition coefficient (Wildman–Crippen LogP) is 2.19. The van der Waals surface area contributed by atoms with Gasteiger partial charge in [0.2, 0.25) is 0 Å². The Morgan fingerprint density at radius 2 is 1.67 bits per heavy atom. The molecule has 0 amide bonds. The minimum atomic E-state index is -1.48. The van der Waals surface area contributed by atoms with Crippen molar-refractivity contribution in [2.75, 3.05) is 13.2 Å². The Kier molecular flexibility index (Phi) is 6.71. The van der Waals surface area contributed by atoms with E-state index in [2.05, 4.69) is 0 Å². The van der Waals surface area contributed by atoms with E-state index in [1.54, 1.807) is 0 Å². The maximum Gasteiger partial charge on any atom is 0.315 e. The maximum atomic E-state index is 13.3. The number of nitrogens with two attached hydrogens (primary N) is 1. The molecule has 0 bridgehead atoms. The highest BCUT2D eigenvalue weighted by Gasteiger charge is 2.39. The number of aliphatic carboxylic acids is 1. The lowest BCUT2D eigenvalue weighted by Gasteiger charge is -2.28. The largest absolute Gasteiger partial charge is 0.481 e. The standard InChI is InChI=1S/C15H21F2NO3/c16-12-7-11(8-13(17)9-12)15(10-18,14(20)21)5-3-1-2-4-6-19/h7-9,19H,1-6,10,18H2,(H,20,21). The van der Waals surface area contributed by atoms with E-state index in [0.717, 1.165) is 25.0 Å². The van der Waals surface area contributed by atoms with E-state index in [-0.39, 0.29) is 25.1 Å². The summed E-state index contributed by atoms with van der Waals surface area (Å²) in [6.07, 6.45) is 2.91. The molecule has 0 fully saturated rings. The van der Waals surface area contributed by atoms with Crippen molar-refractivity contribution in [2.24, 2.45) is 5.73 Å². The lowest BCUT2D eigenvalue weighted by Crippen LogP contribution is -2.43. The molecular weight excluding hydrogens is 280 g/mol. The van der Waals surface area contributed by atoms with Crippen molar-refractivity contribution in [3.63, 3.8) is 0 Å². The number of aliphatic hydroxyl groups excluding tert-OH is 1. The number of rotatable bonds is 9. The number of aliphatic hydroxyl groups is 1. The third-order valence-electron chi connectivity index (χ3n) is 3.68. The molecule has 6 heteroatoms. The van der Waals surface area contributed by atoms with Crippen molar-refractivity contribution in [1.29, 1.82) is 0 Å². The summed E-state index contributed by atoms with van der Waals surface area (Å²) in [5.74, 6) is -2.81. The lowest BCUT2D eigenvalue weighted by molar-refractivity contribution is -0.143. The van der Waals surface area contributed by atoms with Crippen LogP contribution in [0.1, 0.15) is 37.7 Å². The summed E-state index contributed by atoms with van der Waals surface area (Å²) in [7, 11) is 0. The average Bonchev–Trinajstić information content (AvgIpc) is 2.41. The van der Waals surface area contributed by atoms with Gasteiger partial charge >= 0.3 is 5.97 Å². The summed E-state index contributed by atoms with van der Waals surface area (Å²) in [5.41, 5.74) is 4.18. The summed E-state index contributed by atoms with van der Waals surface area (Å²) in [4.78, 5) is 11.6. The van der Waals surface area contributed by atoms with Gasteiger partial charge in [-0.3, -0.25) is 4.79 Å². The first-order chi connectivity index (χ1) is 9.96. The minimum absolute atomic E-state index is 0.0529. The van der Waals surface area contributed by atoms with Gasteiger partial charge in [0.1, 0.15) is 17.0 Å². The fourth-order valence-corrected chi connectivity index (χ4v) is 2.40. The lowest BCUT2D eigenvalue weighted by atomic mass is 9.76. The molecule has 4 nitrogen and oxygen atoms in total. The van der Waals surface area contributed by atoms with Crippen LogP contribution in [0, 0.1) is 11.6 Å². The van der Waals surface area contributed by atoms with E-state index in [1.165, 1.54) is 0 Å². The summed E-state index contributed by atoms with van der Waals surface area (Å²) in [5, 5.41) is 18.2. The second-order valence-corrected chi connectivity index (χ2v) is 5.14. The van der Waals surface area contributed by atoms with Crippen LogP contribution in [-0.2, 0) is 10.2 Å². The highest BCUT2D eigenvalue weighted by molar-refractivity contribution is 5.81. The van der Waals surface area contributed by atoms with E-state index >= 15 is 0 Å². The molecule has 118 valence electrons. The van der Waals surface area contributed by atoms with Crippen LogP contribution in [-0.4, -0.2) is 29.3 Å². The third kappa shape index (κ3) is 4.47. The van der Waals surface area contributed by atoms with Crippen LogP contribution < -0.4 is 5.73 Å². The second-order valence-electron chi connectivity index (χ2n) is 5.14. The Balaban J connectivity index is 2.95. The van der Waals surface area contributed by atoms with Crippen LogP contribution in [0.2, 0.25) is 0 Å². The van der Waals surface area contributed by atoms with Crippen molar-refractivity contribution < 1.29 is 23.8 Å². The molecule has 1 atom stereocenters. The van der Waals surface area contributed by atoms with E-state index in [0.29, 0.717) is 18.9 Å². The number of hydrogen-bond acceptors (Lipinski definition) is 3. The Labute approximate surface area is 122 Å². The fraction of sp³-hybridized carbons (Fsp3) is 0.533. The monoisotopic (exact) mass is 301 g/mol. The fourth-order valence-electron chi connectivity index (χ4n) is 2.40. The van der Waals surface area contributed by atoms with Gasteiger partial charge in [-0.2, -0.15) is 0 Å². The molecule has 0 aliphatic rings. The number of benzene rings is 1. The molecule has 0 aliphatic heterocycles. The quantitative estimate of drug-likeness (QED) is 0.610. The van der Waals surface area contributed by atoms with Gasteiger partial charge in [-0.25, -0.2) is 8.78 Å². The van der Waals surface area contributed by atoms with Crippen molar-refractivity contribution >= 4 is 5.97 Å². The second kappa shape index (κ2) is 8.05. The number of carbonyl (C=O) groups is 1. The molecule has 4 N–H and O–H groups in total. The molecule has 1 aromatic rings. The molecule has 0 aromatic heterocycles. The molecule has 0 saturated heterocycles. The highest BCUT2D eigenvalue weighted by atomic mass is 19.1. The van der Waals surface area contributed by atoms with Gasteiger partial charge in [-0.05, 0) is 30.5 Å². The smallest absolute Gasteiger partial charge is 0.315 e. The molecule has 1 rings (SSSR count). The first-order valence-corrected chi connectivity index (χ1v) is 6.97. The van der Waals surface area contributed by atoms with Crippen LogP contribution in [0.5, 0.6) is 0 Å². The molecule has 0 radical (unpaired) electrons. The number of halogens is 2. The van der Waals surface area contributed by atoms with Gasteiger partial charge in [0.25, 0.3) is 0 Å².